The Balaban J connectivity index is 1.96. The number of thioether (sulfide) groups is 1. The van der Waals surface area contributed by atoms with Crippen LogP contribution in [0.2, 0.25) is 0 Å². The SMILES string of the molecule is Cc1ccc2c(c1)SC(c1ccccc1)=CO2. The van der Waals surface area contributed by atoms with Gasteiger partial charge in [0.1, 0.15) is 12.0 Å². The van der Waals surface area contributed by atoms with E-state index in [9.17, 15) is 0 Å². The van der Waals surface area contributed by atoms with Crippen LogP contribution in [-0.4, -0.2) is 0 Å². The maximum absolute atomic E-state index is 5.66. The average Bonchev–Trinajstić information content (AvgIpc) is 2.39. The Morgan fingerprint density at radius 1 is 1.00 bits per heavy atom. The fraction of sp³-hybridized carbons (Fsp3) is 0.0667. The van der Waals surface area contributed by atoms with Crippen molar-refractivity contribution < 1.29 is 4.74 Å². The van der Waals surface area contributed by atoms with E-state index in [0.717, 1.165) is 10.7 Å². The summed E-state index contributed by atoms with van der Waals surface area (Å²) >= 11 is 1.76. The van der Waals surface area contributed by atoms with Crippen LogP contribution >= 0.6 is 11.8 Å². The lowest BCUT2D eigenvalue weighted by Crippen LogP contribution is -1.94. The van der Waals surface area contributed by atoms with Crippen molar-refractivity contribution in [3.63, 3.8) is 0 Å². The third-order valence-electron chi connectivity index (χ3n) is 2.67. The smallest absolute Gasteiger partial charge is 0.140 e. The van der Waals surface area contributed by atoms with Gasteiger partial charge in [0.2, 0.25) is 0 Å². The molecule has 2 aromatic rings. The Bertz CT molecular complexity index is 573. The van der Waals surface area contributed by atoms with Crippen molar-refractivity contribution in [2.75, 3.05) is 0 Å². The molecule has 0 amide bonds. The van der Waals surface area contributed by atoms with E-state index in [1.54, 1.807) is 11.8 Å². The summed E-state index contributed by atoms with van der Waals surface area (Å²) in [5, 5.41) is 0. The van der Waals surface area contributed by atoms with Gasteiger partial charge in [-0.2, -0.15) is 0 Å². The molecule has 0 unspecified atom stereocenters. The third kappa shape index (κ3) is 2.08. The molecule has 0 spiro atoms. The second-order valence-corrected chi connectivity index (χ2v) is 5.10. The van der Waals surface area contributed by atoms with Crippen LogP contribution in [0.15, 0.2) is 59.7 Å². The molecule has 2 aromatic carbocycles. The van der Waals surface area contributed by atoms with Crippen LogP contribution in [0.1, 0.15) is 11.1 Å². The summed E-state index contributed by atoms with van der Waals surface area (Å²) in [6.45, 7) is 2.10. The predicted octanol–water partition coefficient (Wildman–Crippen LogP) is 4.48. The van der Waals surface area contributed by atoms with Crippen molar-refractivity contribution in [2.24, 2.45) is 0 Å². The highest BCUT2D eigenvalue weighted by Crippen LogP contribution is 2.43. The largest absolute Gasteiger partial charge is 0.463 e. The Labute approximate surface area is 105 Å². The number of rotatable bonds is 1. The number of fused-ring (bicyclic) bond motifs is 1. The van der Waals surface area contributed by atoms with Crippen molar-refractivity contribution in [2.45, 2.75) is 11.8 Å². The summed E-state index contributed by atoms with van der Waals surface area (Å²) in [6, 6.07) is 16.6. The summed E-state index contributed by atoms with van der Waals surface area (Å²) in [7, 11) is 0. The third-order valence-corrected chi connectivity index (χ3v) is 3.76. The second kappa shape index (κ2) is 4.30. The molecule has 0 aromatic heterocycles. The summed E-state index contributed by atoms with van der Waals surface area (Å²) in [6.07, 6.45) is 1.83. The molecule has 0 atom stereocenters. The van der Waals surface area contributed by atoms with Gasteiger partial charge >= 0.3 is 0 Å². The van der Waals surface area contributed by atoms with E-state index in [2.05, 4.69) is 31.2 Å². The summed E-state index contributed by atoms with van der Waals surface area (Å²) in [5.74, 6) is 0.945. The Morgan fingerprint density at radius 3 is 2.65 bits per heavy atom. The molecule has 84 valence electrons. The Hall–Kier alpha value is -1.67. The number of hydrogen-bond donors (Lipinski definition) is 0. The fourth-order valence-electron chi connectivity index (χ4n) is 1.78. The van der Waals surface area contributed by atoms with Crippen molar-refractivity contribution in [1.29, 1.82) is 0 Å². The summed E-state index contributed by atoms with van der Waals surface area (Å²) in [5.41, 5.74) is 2.46. The van der Waals surface area contributed by atoms with Gasteiger partial charge in [-0.1, -0.05) is 48.2 Å². The van der Waals surface area contributed by atoms with Crippen molar-refractivity contribution in [3.05, 3.63) is 65.9 Å². The molecule has 0 aliphatic carbocycles. The van der Waals surface area contributed by atoms with Gasteiger partial charge in [-0.25, -0.2) is 0 Å². The molecule has 0 radical (unpaired) electrons. The minimum absolute atomic E-state index is 0.945. The number of ether oxygens (including phenoxy) is 1. The molecule has 0 fully saturated rings. The molecule has 0 bridgehead atoms. The Kier molecular flexibility index (Phi) is 2.65. The molecule has 0 saturated carbocycles. The highest BCUT2D eigenvalue weighted by Gasteiger charge is 2.14. The Morgan fingerprint density at radius 2 is 1.82 bits per heavy atom. The first-order chi connectivity index (χ1) is 8.33. The minimum atomic E-state index is 0.945. The number of aryl methyl sites for hydroxylation is 1. The van der Waals surface area contributed by atoms with E-state index in [1.165, 1.54) is 16.0 Å². The molecular formula is C15H12OS. The second-order valence-electron chi connectivity index (χ2n) is 4.02. The van der Waals surface area contributed by atoms with Gasteiger partial charge in [0.15, 0.2) is 0 Å². The zero-order chi connectivity index (χ0) is 11.7. The molecule has 0 saturated heterocycles. The highest BCUT2D eigenvalue weighted by atomic mass is 32.2. The molecule has 1 aliphatic rings. The van der Waals surface area contributed by atoms with E-state index in [4.69, 9.17) is 4.74 Å². The molecular weight excluding hydrogens is 228 g/mol. The van der Waals surface area contributed by atoms with Crippen molar-refractivity contribution >= 4 is 16.7 Å². The van der Waals surface area contributed by atoms with Crippen LogP contribution in [0.25, 0.3) is 4.91 Å². The van der Waals surface area contributed by atoms with E-state index in [0.29, 0.717) is 0 Å². The van der Waals surface area contributed by atoms with E-state index in [-0.39, 0.29) is 0 Å². The van der Waals surface area contributed by atoms with Gasteiger partial charge in [-0.15, -0.1) is 0 Å². The maximum atomic E-state index is 5.66. The predicted molar refractivity (Wildman–Crippen MR) is 72.1 cm³/mol. The lowest BCUT2D eigenvalue weighted by atomic mass is 10.2. The van der Waals surface area contributed by atoms with Crippen LogP contribution < -0.4 is 4.74 Å². The van der Waals surface area contributed by atoms with Gasteiger partial charge in [0.25, 0.3) is 0 Å². The van der Waals surface area contributed by atoms with Crippen LogP contribution in [0.4, 0.5) is 0 Å². The van der Waals surface area contributed by atoms with Crippen LogP contribution in [0, 0.1) is 6.92 Å². The van der Waals surface area contributed by atoms with Crippen molar-refractivity contribution in [3.8, 4) is 5.75 Å². The van der Waals surface area contributed by atoms with Gasteiger partial charge in [0.05, 0.1) is 9.80 Å². The highest BCUT2D eigenvalue weighted by molar-refractivity contribution is 8.08. The molecule has 3 rings (SSSR count). The van der Waals surface area contributed by atoms with Crippen LogP contribution in [0.5, 0.6) is 5.75 Å². The molecule has 1 aliphatic heterocycles. The first kappa shape index (κ1) is 10.5. The van der Waals surface area contributed by atoms with Crippen LogP contribution in [-0.2, 0) is 0 Å². The fourth-order valence-corrected chi connectivity index (χ4v) is 2.83. The van der Waals surface area contributed by atoms with Gasteiger partial charge in [0, 0.05) is 0 Å². The first-order valence-electron chi connectivity index (χ1n) is 5.54. The van der Waals surface area contributed by atoms with E-state index >= 15 is 0 Å². The standard InChI is InChI=1S/C15H12OS/c1-11-7-8-13-14(9-11)17-15(10-16-13)12-5-3-2-4-6-12/h2-10H,1H3. The molecule has 0 N–H and O–H groups in total. The summed E-state index contributed by atoms with van der Waals surface area (Å²) < 4.78 is 5.66. The van der Waals surface area contributed by atoms with Crippen LogP contribution in [0.3, 0.4) is 0 Å². The monoisotopic (exact) mass is 240 g/mol. The lowest BCUT2D eigenvalue weighted by molar-refractivity contribution is 0.470. The molecule has 1 nitrogen and oxygen atoms in total. The molecule has 2 heteroatoms. The van der Waals surface area contributed by atoms with Crippen molar-refractivity contribution in [1.82, 2.24) is 0 Å². The minimum Gasteiger partial charge on any atom is -0.463 e. The molecule has 1 heterocycles. The molecule has 17 heavy (non-hydrogen) atoms. The summed E-state index contributed by atoms with van der Waals surface area (Å²) in [4.78, 5) is 2.34. The van der Waals surface area contributed by atoms with E-state index < -0.39 is 0 Å². The number of benzene rings is 2. The maximum Gasteiger partial charge on any atom is 0.140 e. The normalized spacial score (nSPS) is 13.6. The first-order valence-corrected chi connectivity index (χ1v) is 6.35. The average molecular weight is 240 g/mol. The lowest BCUT2D eigenvalue weighted by Gasteiger charge is -2.17. The zero-order valence-corrected chi connectivity index (χ0v) is 10.3. The quantitative estimate of drug-likeness (QED) is 0.727. The van der Waals surface area contributed by atoms with Gasteiger partial charge in [-0.3, -0.25) is 0 Å². The topological polar surface area (TPSA) is 9.23 Å². The zero-order valence-electron chi connectivity index (χ0n) is 9.51. The van der Waals surface area contributed by atoms with Gasteiger partial charge < -0.3 is 4.74 Å². The van der Waals surface area contributed by atoms with E-state index in [1.807, 2.05) is 30.5 Å². The number of hydrogen-bond acceptors (Lipinski definition) is 2. The van der Waals surface area contributed by atoms with Gasteiger partial charge in [-0.05, 0) is 30.2 Å².